The topological polar surface area (TPSA) is 104 Å². The van der Waals surface area contributed by atoms with Gasteiger partial charge in [0.15, 0.2) is 9.84 Å². The molecule has 1 heterocycles. The van der Waals surface area contributed by atoms with E-state index in [1.807, 2.05) is 76.2 Å². The van der Waals surface area contributed by atoms with E-state index in [4.69, 9.17) is 11.6 Å². The number of aliphatic carboxylic acids is 1. The van der Waals surface area contributed by atoms with Crippen LogP contribution in [0.25, 0.3) is 11.1 Å². The number of aliphatic imine (C=N–C) groups is 1. The summed E-state index contributed by atoms with van der Waals surface area (Å²) in [4.78, 5) is 17.1. The van der Waals surface area contributed by atoms with Crippen molar-refractivity contribution in [3.8, 4) is 11.1 Å². The number of carbonyl (C=O) groups is 1. The minimum atomic E-state index is -3.38. The number of benzene rings is 3. The van der Waals surface area contributed by atoms with Crippen LogP contribution in [0.4, 0.5) is 5.69 Å². The molecule has 3 aromatic carbocycles. The molecule has 0 radical (unpaired) electrons. The average molecular weight is 568 g/mol. The molecule has 0 spiro atoms. The molecular formula is C30H32ClN2O5S+. The van der Waals surface area contributed by atoms with Gasteiger partial charge in [0.05, 0.1) is 16.9 Å². The van der Waals surface area contributed by atoms with E-state index in [1.165, 1.54) is 6.26 Å². The molecule has 9 heteroatoms. The fourth-order valence-corrected chi connectivity index (χ4v) is 6.19. The van der Waals surface area contributed by atoms with Crippen LogP contribution in [0.15, 0.2) is 94.6 Å². The molecule has 2 N–H and O–H groups in total. The van der Waals surface area contributed by atoms with Gasteiger partial charge in [0.1, 0.15) is 17.4 Å². The van der Waals surface area contributed by atoms with E-state index in [-0.39, 0.29) is 21.7 Å². The maximum Gasteiger partial charge on any atom is 0.360 e. The lowest BCUT2D eigenvalue weighted by atomic mass is 9.79. The predicted octanol–water partition coefficient (Wildman–Crippen LogP) is 5.80. The van der Waals surface area contributed by atoms with E-state index in [2.05, 4.69) is 4.99 Å². The first-order valence-corrected chi connectivity index (χ1v) is 14.6. The maximum atomic E-state index is 12.2. The summed E-state index contributed by atoms with van der Waals surface area (Å²) in [5.41, 5.74) is 1.09. The number of quaternary nitrogens is 1. The summed E-state index contributed by atoms with van der Waals surface area (Å²) in [6.07, 6.45) is 2.74. The zero-order valence-electron chi connectivity index (χ0n) is 22.5. The quantitative estimate of drug-likeness (QED) is 0.335. The number of carboxylic acid groups (broad SMARTS) is 1. The summed E-state index contributed by atoms with van der Waals surface area (Å²) in [6.45, 7) is 7.33. The van der Waals surface area contributed by atoms with Gasteiger partial charge < -0.3 is 10.2 Å². The van der Waals surface area contributed by atoms with Gasteiger partial charge in [-0.05, 0) is 74.7 Å². The molecule has 0 saturated heterocycles. The molecule has 0 aliphatic carbocycles. The van der Waals surface area contributed by atoms with E-state index in [0.717, 1.165) is 16.7 Å². The number of carboxylic acids is 1. The number of aliphatic hydroxyl groups is 1. The zero-order valence-corrected chi connectivity index (χ0v) is 24.1. The van der Waals surface area contributed by atoms with E-state index < -0.39 is 26.8 Å². The van der Waals surface area contributed by atoms with Gasteiger partial charge in [0.2, 0.25) is 11.5 Å². The predicted molar refractivity (Wildman–Crippen MR) is 156 cm³/mol. The highest BCUT2D eigenvalue weighted by Crippen LogP contribution is 2.46. The molecule has 1 atom stereocenters. The Labute approximate surface area is 234 Å². The van der Waals surface area contributed by atoms with Crippen molar-refractivity contribution in [2.45, 2.75) is 43.5 Å². The number of halogens is 1. The summed E-state index contributed by atoms with van der Waals surface area (Å²) in [5, 5.41) is 21.1. The van der Waals surface area contributed by atoms with Crippen LogP contribution in [-0.2, 0) is 20.0 Å². The molecule has 0 aromatic heterocycles. The van der Waals surface area contributed by atoms with Crippen molar-refractivity contribution < 1.29 is 23.4 Å². The number of hydrogen-bond donors (Lipinski definition) is 2. The molecule has 0 fully saturated rings. The molecule has 39 heavy (non-hydrogen) atoms. The third-order valence-corrected chi connectivity index (χ3v) is 8.85. The van der Waals surface area contributed by atoms with Crippen LogP contribution in [0.2, 0.25) is 5.02 Å². The highest BCUT2D eigenvalue weighted by molar-refractivity contribution is 7.90. The number of hydrogen-bond acceptors (Lipinski definition) is 5. The minimum absolute atomic E-state index is 0.128. The first-order valence-electron chi connectivity index (χ1n) is 12.4. The third-order valence-electron chi connectivity index (χ3n) is 7.41. The van der Waals surface area contributed by atoms with E-state index >= 15 is 0 Å². The fourth-order valence-electron chi connectivity index (χ4n) is 5.15. The molecule has 1 aliphatic rings. The van der Waals surface area contributed by atoms with E-state index in [0.29, 0.717) is 16.5 Å². The number of sulfone groups is 1. The van der Waals surface area contributed by atoms with Gasteiger partial charge in [-0.25, -0.2) is 17.7 Å². The summed E-state index contributed by atoms with van der Waals surface area (Å²) >= 11 is 6.62. The van der Waals surface area contributed by atoms with Crippen LogP contribution < -0.4 is 4.48 Å². The Hall–Kier alpha value is -3.30. The number of amidine groups is 1. The van der Waals surface area contributed by atoms with E-state index in [1.54, 1.807) is 30.5 Å². The van der Waals surface area contributed by atoms with Crippen molar-refractivity contribution in [3.05, 3.63) is 95.3 Å². The Morgan fingerprint density at radius 3 is 2.15 bits per heavy atom. The Morgan fingerprint density at radius 1 is 0.949 bits per heavy atom. The lowest BCUT2D eigenvalue weighted by Gasteiger charge is -2.47. The Morgan fingerprint density at radius 2 is 1.59 bits per heavy atom. The van der Waals surface area contributed by atoms with Crippen LogP contribution in [0.3, 0.4) is 0 Å². The van der Waals surface area contributed by atoms with Crippen LogP contribution in [0, 0.1) is 0 Å². The van der Waals surface area contributed by atoms with Gasteiger partial charge in [-0.2, -0.15) is 4.99 Å². The lowest BCUT2D eigenvalue weighted by Crippen LogP contribution is -2.67. The van der Waals surface area contributed by atoms with Crippen LogP contribution in [0.1, 0.15) is 33.3 Å². The van der Waals surface area contributed by atoms with E-state index in [9.17, 15) is 23.4 Å². The minimum Gasteiger partial charge on any atom is -0.476 e. The normalized spacial score (nSPS) is 18.0. The number of aliphatic hydroxyl groups excluding tert-OH is 1. The Balaban J connectivity index is 1.95. The molecule has 4 rings (SSSR count). The third kappa shape index (κ3) is 4.94. The van der Waals surface area contributed by atoms with Crippen molar-refractivity contribution in [2.75, 3.05) is 12.9 Å². The fraction of sp³-hybridized carbons (Fsp3) is 0.267. The number of rotatable bonds is 8. The van der Waals surface area contributed by atoms with Crippen LogP contribution >= 0.6 is 11.6 Å². The highest BCUT2D eigenvalue weighted by Gasteiger charge is 2.58. The molecule has 7 nitrogen and oxygen atoms in total. The number of nitrogens with zero attached hydrogens (tertiary/aromatic N) is 2. The first kappa shape index (κ1) is 28.7. The second-order valence-corrected chi connectivity index (χ2v) is 13.3. The highest BCUT2D eigenvalue weighted by atomic mass is 35.5. The van der Waals surface area contributed by atoms with Crippen molar-refractivity contribution in [2.24, 2.45) is 4.99 Å². The summed E-state index contributed by atoms with van der Waals surface area (Å²) in [7, 11) is -3.38. The second kappa shape index (κ2) is 10.0. The zero-order chi connectivity index (χ0) is 28.8. The van der Waals surface area contributed by atoms with Gasteiger partial charge in [-0.1, -0.05) is 41.9 Å². The smallest absolute Gasteiger partial charge is 0.360 e. The molecule has 0 saturated carbocycles. The molecule has 1 unspecified atom stereocenters. The molecule has 0 amide bonds. The van der Waals surface area contributed by atoms with Crippen molar-refractivity contribution in [3.63, 3.8) is 0 Å². The largest absolute Gasteiger partial charge is 0.476 e. The maximum absolute atomic E-state index is 12.2. The van der Waals surface area contributed by atoms with Crippen LogP contribution in [-0.4, -0.2) is 48.8 Å². The SMILES string of the molecule is CC(C)(C1=NC(C(=O)O)=C[N+]1(c1ccc(-c2cccc(S(C)(=O)=O)c2)cc1)C(C)(C)CO)c1ccccc1Cl. The molecule has 0 bridgehead atoms. The van der Waals surface area contributed by atoms with Gasteiger partial charge in [0, 0.05) is 23.4 Å². The Kier molecular flexibility index (Phi) is 7.38. The summed E-state index contributed by atoms with van der Waals surface area (Å²) in [6, 6.07) is 21.5. The molecule has 204 valence electrons. The van der Waals surface area contributed by atoms with Crippen molar-refractivity contribution in [1.29, 1.82) is 0 Å². The first-order chi connectivity index (χ1) is 18.1. The summed E-state index contributed by atoms with van der Waals surface area (Å²) < 4.78 is 24.0. The average Bonchev–Trinajstić information content (AvgIpc) is 3.33. The molecule has 3 aromatic rings. The Bertz CT molecular complexity index is 1610. The van der Waals surface area contributed by atoms with Gasteiger partial charge >= 0.3 is 5.97 Å². The van der Waals surface area contributed by atoms with Gasteiger partial charge in [-0.3, -0.25) is 0 Å². The molecular weight excluding hydrogens is 536 g/mol. The van der Waals surface area contributed by atoms with Crippen LogP contribution in [0.5, 0.6) is 0 Å². The monoisotopic (exact) mass is 567 g/mol. The van der Waals surface area contributed by atoms with Gasteiger partial charge in [-0.15, -0.1) is 0 Å². The second-order valence-electron chi connectivity index (χ2n) is 10.9. The van der Waals surface area contributed by atoms with Crippen molar-refractivity contribution in [1.82, 2.24) is 4.48 Å². The summed E-state index contributed by atoms with van der Waals surface area (Å²) in [5.74, 6) is -0.677. The molecule has 1 aliphatic heterocycles. The van der Waals surface area contributed by atoms with Crippen molar-refractivity contribution >= 4 is 38.9 Å². The lowest BCUT2D eigenvalue weighted by molar-refractivity contribution is -0.132. The standard InChI is InChI=1S/C30H31ClN2O5S/c1-29(2,19-34)33(22-15-13-20(14-16-22)21-9-8-10-23(17-21)39(5,37)38)18-26(27(35)36)32-28(33)30(3,4)24-11-6-7-12-25(24)31/h6-18,34H,19H2,1-5H3/p+1. The van der Waals surface area contributed by atoms with Gasteiger partial charge in [0.25, 0.3) is 0 Å².